The van der Waals surface area contributed by atoms with E-state index >= 15 is 0 Å². The van der Waals surface area contributed by atoms with Crippen molar-refractivity contribution in [1.29, 1.82) is 0 Å². The van der Waals surface area contributed by atoms with Gasteiger partial charge in [-0.15, -0.1) is 0 Å². The molecule has 4 heteroatoms. The Labute approximate surface area is 128 Å². The van der Waals surface area contributed by atoms with Crippen molar-refractivity contribution in [3.63, 3.8) is 0 Å². The van der Waals surface area contributed by atoms with Crippen LogP contribution in [0.3, 0.4) is 0 Å². The highest BCUT2D eigenvalue weighted by Gasteiger charge is 2.11. The molecule has 0 aromatic heterocycles. The van der Waals surface area contributed by atoms with Crippen LogP contribution < -0.4 is 10.2 Å². The molecule has 0 amide bonds. The Balaban J connectivity index is 2.77. The summed E-state index contributed by atoms with van der Waals surface area (Å²) in [4.78, 5) is 2.24. The van der Waals surface area contributed by atoms with Gasteiger partial charge >= 0.3 is 0 Å². The third-order valence-corrected chi connectivity index (χ3v) is 3.34. The van der Waals surface area contributed by atoms with Crippen molar-refractivity contribution >= 4 is 5.69 Å². The Morgan fingerprint density at radius 3 is 2.67 bits per heavy atom. The summed E-state index contributed by atoms with van der Waals surface area (Å²) in [6.07, 6.45) is 0. The van der Waals surface area contributed by atoms with E-state index in [1.165, 1.54) is 6.07 Å². The number of rotatable bonds is 10. The minimum absolute atomic E-state index is 0.180. The topological polar surface area (TPSA) is 24.5 Å². The third kappa shape index (κ3) is 6.44. The van der Waals surface area contributed by atoms with Crippen LogP contribution >= 0.6 is 0 Å². The molecule has 0 aliphatic rings. The van der Waals surface area contributed by atoms with Crippen molar-refractivity contribution in [1.82, 2.24) is 5.32 Å². The maximum absolute atomic E-state index is 13.5. The van der Waals surface area contributed by atoms with Crippen LogP contribution in [0.2, 0.25) is 0 Å². The molecule has 120 valence electrons. The van der Waals surface area contributed by atoms with E-state index in [-0.39, 0.29) is 5.82 Å². The average molecular weight is 296 g/mol. The van der Waals surface area contributed by atoms with Crippen molar-refractivity contribution < 1.29 is 9.13 Å². The molecule has 0 aliphatic carbocycles. The van der Waals surface area contributed by atoms with E-state index in [1.807, 2.05) is 13.0 Å². The van der Waals surface area contributed by atoms with E-state index in [4.69, 9.17) is 4.74 Å². The van der Waals surface area contributed by atoms with Crippen LogP contribution in [0.25, 0.3) is 0 Å². The zero-order chi connectivity index (χ0) is 15.7. The summed E-state index contributed by atoms with van der Waals surface area (Å²) < 4.78 is 19.0. The fourth-order valence-electron chi connectivity index (χ4n) is 2.27. The highest BCUT2D eigenvalue weighted by Crippen LogP contribution is 2.21. The van der Waals surface area contributed by atoms with Gasteiger partial charge in [-0.3, -0.25) is 0 Å². The van der Waals surface area contributed by atoms with Crippen LogP contribution in [-0.4, -0.2) is 32.8 Å². The Hall–Kier alpha value is -1.13. The van der Waals surface area contributed by atoms with E-state index < -0.39 is 0 Å². The van der Waals surface area contributed by atoms with Crippen LogP contribution in [0, 0.1) is 11.7 Å². The van der Waals surface area contributed by atoms with Gasteiger partial charge in [0, 0.05) is 31.9 Å². The van der Waals surface area contributed by atoms with Gasteiger partial charge < -0.3 is 15.0 Å². The van der Waals surface area contributed by atoms with Gasteiger partial charge in [0.05, 0.1) is 6.61 Å². The van der Waals surface area contributed by atoms with Crippen LogP contribution in [0.5, 0.6) is 0 Å². The molecule has 1 aromatic rings. The lowest BCUT2D eigenvalue weighted by Crippen LogP contribution is -2.29. The number of hydrogen-bond donors (Lipinski definition) is 1. The fourth-order valence-corrected chi connectivity index (χ4v) is 2.27. The molecule has 0 spiro atoms. The van der Waals surface area contributed by atoms with E-state index in [2.05, 4.69) is 31.0 Å². The lowest BCUT2D eigenvalue weighted by molar-refractivity contribution is 0.154. The third-order valence-electron chi connectivity index (χ3n) is 3.34. The van der Waals surface area contributed by atoms with Gasteiger partial charge in [0.25, 0.3) is 0 Å². The van der Waals surface area contributed by atoms with Crippen molar-refractivity contribution in [2.24, 2.45) is 5.92 Å². The van der Waals surface area contributed by atoms with Crippen molar-refractivity contribution in [3.8, 4) is 0 Å². The Morgan fingerprint density at radius 2 is 2.05 bits per heavy atom. The minimum Gasteiger partial charge on any atom is -0.380 e. The van der Waals surface area contributed by atoms with Crippen LogP contribution in [-0.2, 0) is 11.3 Å². The first kappa shape index (κ1) is 17.9. The number of nitrogens with one attached hydrogen (secondary N) is 1. The molecule has 3 nitrogen and oxygen atoms in total. The highest BCUT2D eigenvalue weighted by molar-refractivity contribution is 5.53. The molecule has 1 N–H and O–H groups in total. The molecule has 0 aliphatic heterocycles. The van der Waals surface area contributed by atoms with E-state index in [1.54, 1.807) is 6.07 Å². The van der Waals surface area contributed by atoms with E-state index in [0.29, 0.717) is 19.1 Å². The quantitative estimate of drug-likeness (QED) is 0.669. The lowest BCUT2D eigenvalue weighted by Gasteiger charge is -2.26. The second-order valence-electron chi connectivity index (χ2n) is 5.57. The number of likely N-dealkylation sites (N-methyl/N-ethyl adjacent to an activating group) is 1. The monoisotopic (exact) mass is 296 g/mol. The number of anilines is 1. The predicted molar refractivity (Wildman–Crippen MR) is 87.3 cm³/mol. The van der Waals surface area contributed by atoms with Crippen molar-refractivity contribution in [2.75, 3.05) is 37.7 Å². The van der Waals surface area contributed by atoms with Gasteiger partial charge in [0.2, 0.25) is 0 Å². The van der Waals surface area contributed by atoms with E-state index in [9.17, 15) is 4.39 Å². The normalized spacial score (nSPS) is 11.1. The molecule has 0 heterocycles. The first-order chi connectivity index (χ1) is 10.1. The van der Waals surface area contributed by atoms with Gasteiger partial charge in [0.1, 0.15) is 5.82 Å². The van der Waals surface area contributed by atoms with Crippen LogP contribution in [0.1, 0.15) is 33.3 Å². The maximum atomic E-state index is 13.5. The SMILES string of the molecule is CCOCCN(CC)c1ccc(F)cc1CNCC(C)C. The molecule has 0 fully saturated rings. The molecule has 0 bridgehead atoms. The molecule has 0 saturated carbocycles. The molecule has 0 unspecified atom stereocenters. The van der Waals surface area contributed by atoms with Crippen LogP contribution in [0.15, 0.2) is 18.2 Å². The molecule has 0 atom stereocenters. The summed E-state index contributed by atoms with van der Waals surface area (Å²) in [6.45, 7) is 13.2. The molecular weight excluding hydrogens is 267 g/mol. The minimum atomic E-state index is -0.180. The number of ether oxygens (including phenoxy) is 1. The largest absolute Gasteiger partial charge is 0.380 e. The smallest absolute Gasteiger partial charge is 0.123 e. The molecule has 0 saturated heterocycles. The molecule has 21 heavy (non-hydrogen) atoms. The number of hydrogen-bond acceptors (Lipinski definition) is 3. The number of halogens is 1. The van der Waals surface area contributed by atoms with Crippen molar-refractivity contribution in [3.05, 3.63) is 29.6 Å². The summed E-state index contributed by atoms with van der Waals surface area (Å²) in [5.41, 5.74) is 2.10. The maximum Gasteiger partial charge on any atom is 0.123 e. The Kier molecular flexibility index (Phi) is 8.31. The lowest BCUT2D eigenvalue weighted by atomic mass is 10.1. The molecule has 1 aromatic carbocycles. The summed E-state index contributed by atoms with van der Waals surface area (Å²) >= 11 is 0. The zero-order valence-corrected chi connectivity index (χ0v) is 13.8. The predicted octanol–water partition coefficient (Wildman–Crippen LogP) is 3.43. The molecule has 1 rings (SSSR count). The Morgan fingerprint density at radius 1 is 1.29 bits per heavy atom. The second-order valence-corrected chi connectivity index (χ2v) is 5.57. The van der Waals surface area contributed by atoms with Crippen molar-refractivity contribution in [2.45, 2.75) is 34.2 Å². The zero-order valence-electron chi connectivity index (χ0n) is 13.8. The average Bonchev–Trinajstić information content (AvgIpc) is 2.44. The summed E-state index contributed by atoms with van der Waals surface area (Å²) in [5, 5.41) is 3.39. The van der Waals surface area contributed by atoms with Gasteiger partial charge in [-0.25, -0.2) is 4.39 Å². The number of benzene rings is 1. The second kappa shape index (κ2) is 9.74. The van der Waals surface area contributed by atoms with Gasteiger partial charge in [0.15, 0.2) is 0 Å². The van der Waals surface area contributed by atoms with Gasteiger partial charge in [-0.2, -0.15) is 0 Å². The summed E-state index contributed by atoms with van der Waals surface area (Å²) in [7, 11) is 0. The number of nitrogens with zero attached hydrogens (tertiary/aromatic N) is 1. The standard InChI is InChI=1S/C17H29FN2O/c1-5-20(9-10-21-6-2)17-8-7-16(18)11-15(17)13-19-12-14(3)4/h7-8,11,14,19H,5-6,9-10,12-13H2,1-4H3. The fraction of sp³-hybridized carbons (Fsp3) is 0.647. The molecule has 0 radical (unpaired) electrons. The first-order valence-corrected chi connectivity index (χ1v) is 7.90. The summed E-state index contributed by atoms with van der Waals surface area (Å²) in [6, 6.07) is 5.04. The molecular formula is C17H29FN2O. The van der Waals surface area contributed by atoms with Gasteiger partial charge in [-0.05, 0) is 50.1 Å². The van der Waals surface area contributed by atoms with Gasteiger partial charge in [-0.1, -0.05) is 13.8 Å². The highest BCUT2D eigenvalue weighted by atomic mass is 19.1. The van der Waals surface area contributed by atoms with Crippen LogP contribution in [0.4, 0.5) is 10.1 Å². The Bertz CT molecular complexity index is 410. The first-order valence-electron chi connectivity index (χ1n) is 7.90. The van der Waals surface area contributed by atoms with E-state index in [0.717, 1.165) is 37.5 Å². The summed E-state index contributed by atoms with van der Waals surface area (Å²) in [5.74, 6) is 0.406.